The van der Waals surface area contributed by atoms with E-state index in [9.17, 15) is 4.79 Å². The van der Waals surface area contributed by atoms with Gasteiger partial charge in [-0.2, -0.15) is 0 Å². The van der Waals surface area contributed by atoms with Crippen LogP contribution >= 0.6 is 0 Å². The van der Waals surface area contributed by atoms with Crippen molar-refractivity contribution >= 4 is 5.97 Å². The molecule has 0 fully saturated rings. The molecule has 0 aliphatic rings. The van der Waals surface area contributed by atoms with Gasteiger partial charge in [-0.15, -0.1) is 0 Å². The highest BCUT2D eigenvalue weighted by molar-refractivity contribution is 5.89. The number of ether oxygens (including phenoxy) is 5. The molecular weight excluding hydrogens is 324 g/mol. The first-order valence-electron chi connectivity index (χ1n) is 7.81. The van der Waals surface area contributed by atoms with Gasteiger partial charge in [0.1, 0.15) is 18.1 Å². The highest BCUT2D eigenvalue weighted by Gasteiger charge is 2.13. The summed E-state index contributed by atoms with van der Waals surface area (Å²) < 4.78 is 26.7. The normalized spacial score (nSPS) is 10.1. The van der Waals surface area contributed by atoms with Crippen molar-refractivity contribution in [2.45, 2.75) is 13.5 Å². The first kappa shape index (κ1) is 18.4. The number of hydrogen-bond donors (Lipinski definition) is 0. The van der Waals surface area contributed by atoms with E-state index in [1.54, 1.807) is 58.6 Å². The molecule has 0 heterocycles. The van der Waals surface area contributed by atoms with E-state index < -0.39 is 0 Å². The van der Waals surface area contributed by atoms with Gasteiger partial charge in [-0.1, -0.05) is 0 Å². The number of methoxy groups -OCH3 is 3. The van der Waals surface area contributed by atoms with Crippen molar-refractivity contribution in [3.05, 3.63) is 47.5 Å². The van der Waals surface area contributed by atoms with E-state index in [0.29, 0.717) is 35.2 Å². The first-order valence-corrected chi connectivity index (χ1v) is 7.81. The zero-order valence-electron chi connectivity index (χ0n) is 14.8. The Hall–Kier alpha value is -2.89. The summed E-state index contributed by atoms with van der Waals surface area (Å²) in [6, 6.07) is 10.3. The van der Waals surface area contributed by atoms with Crippen LogP contribution in [-0.2, 0) is 11.3 Å². The van der Waals surface area contributed by atoms with Crippen molar-refractivity contribution < 1.29 is 28.5 Å². The highest BCUT2D eigenvalue weighted by atomic mass is 16.5. The molecule has 0 aliphatic carbocycles. The molecule has 2 aromatic carbocycles. The van der Waals surface area contributed by atoms with Gasteiger partial charge in [0, 0.05) is 11.6 Å². The minimum Gasteiger partial charge on any atom is -0.496 e. The number of carbonyl (C=O) groups excluding carboxylic acids is 1. The summed E-state index contributed by atoms with van der Waals surface area (Å²) >= 11 is 0. The number of carbonyl (C=O) groups is 1. The largest absolute Gasteiger partial charge is 0.496 e. The van der Waals surface area contributed by atoms with Gasteiger partial charge in [0.05, 0.1) is 33.5 Å². The second kappa shape index (κ2) is 8.82. The lowest BCUT2D eigenvalue weighted by molar-refractivity contribution is 0.0526. The summed E-state index contributed by atoms with van der Waals surface area (Å²) in [6.45, 7) is 2.39. The lowest BCUT2D eigenvalue weighted by Gasteiger charge is -2.14. The molecule has 0 N–H and O–H groups in total. The molecule has 0 atom stereocenters. The maximum absolute atomic E-state index is 11.6. The summed E-state index contributed by atoms with van der Waals surface area (Å²) in [6.07, 6.45) is 0. The number of esters is 1. The Bertz CT molecular complexity index is 709. The van der Waals surface area contributed by atoms with Gasteiger partial charge in [0.2, 0.25) is 0 Å². The van der Waals surface area contributed by atoms with Crippen molar-refractivity contribution in [1.82, 2.24) is 0 Å². The Morgan fingerprint density at radius 3 is 2.04 bits per heavy atom. The van der Waals surface area contributed by atoms with Crippen LogP contribution in [-0.4, -0.2) is 33.9 Å². The Kier molecular flexibility index (Phi) is 6.51. The minimum atomic E-state index is -0.351. The van der Waals surface area contributed by atoms with E-state index in [1.165, 1.54) is 0 Å². The van der Waals surface area contributed by atoms with Crippen molar-refractivity contribution in [2.75, 3.05) is 27.9 Å². The number of rotatable bonds is 8. The zero-order valence-corrected chi connectivity index (χ0v) is 14.8. The SMILES string of the molecule is CCOC(=O)c1ccc(OCc2cc(OC)c(OC)cc2OC)cc1. The Morgan fingerprint density at radius 2 is 1.48 bits per heavy atom. The molecule has 0 amide bonds. The van der Waals surface area contributed by atoms with Crippen molar-refractivity contribution in [3.63, 3.8) is 0 Å². The third-order valence-electron chi connectivity index (χ3n) is 3.55. The van der Waals surface area contributed by atoms with E-state index >= 15 is 0 Å². The van der Waals surface area contributed by atoms with Crippen LogP contribution in [0.4, 0.5) is 0 Å². The van der Waals surface area contributed by atoms with Crippen LogP contribution in [0.25, 0.3) is 0 Å². The lowest BCUT2D eigenvalue weighted by Crippen LogP contribution is -2.04. The van der Waals surface area contributed by atoms with Gasteiger partial charge >= 0.3 is 5.97 Å². The van der Waals surface area contributed by atoms with E-state index in [4.69, 9.17) is 23.7 Å². The fraction of sp³-hybridized carbons (Fsp3) is 0.316. The summed E-state index contributed by atoms with van der Waals surface area (Å²) in [5.41, 5.74) is 1.30. The summed E-state index contributed by atoms with van der Waals surface area (Å²) in [5.74, 6) is 2.10. The quantitative estimate of drug-likeness (QED) is 0.682. The molecular formula is C19H22O6. The third kappa shape index (κ3) is 4.56. The van der Waals surface area contributed by atoms with E-state index in [-0.39, 0.29) is 12.6 Å². The van der Waals surface area contributed by atoms with Crippen LogP contribution in [0.3, 0.4) is 0 Å². The first-order chi connectivity index (χ1) is 12.1. The molecule has 0 aromatic heterocycles. The van der Waals surface area contributed by atoms with Crippen LogP contribution in [0.5, 0.6) is 23.0 Å². The van der Waals surface area contributed by atoms with Gasteiger partial charge in [-0.25, -0.2) is 4.79 Å². The molecule has 25 heavy (non-hydrogen) atoms. The van der Waals surface area contributed by atoms with Gasteiger partial charge in [-0.3, -0.25) is 0 Å². The summed E-state index contributed by atoms with van der Waals surface area (Å²) in [7, 11) is 4.72. The Morgan fingerprint density at radius 1 is 0.880 bits per heavy atom. The molecule has 6 nitrogen and oxygen atoms in total. The van der Waals surface area contributed by atoms with Crippen LogP contribution in [0.1, 0.15) is 22.8 Å². The molecule has 6 heteroatoms. The maximum atomic E-state index is 11.6. The van der Waals surface area contributed by atoms with Crippen molar-refractivity contribution in [3.8, 4) is 23.0 Å². The predicted octanol–water partition coefficient (Wildman–Crippen LogP) is 3.47. The molecule has 0 saturated heterocycles. The average Bonchev–Trinajstić information content (AvgIpc) is 2.66. The topological polar surface area (TPSA) is 63.2 Å². The van der Waals surface area contributed by atoms with Gasteiger partial charge < -0.3 is 23.7 Å². The molecule has 0 saturated carbocycles. The standard InChI is InChI=1S/C19H22O6/c1-5-24-19(20)13-6-8-15(9-7-13)25-12-14-10-17(22-3)18(23-4)11-16(14)21-2/h6-11H,5,12H2,1-4H3. The molecule has 0 spiro atoms. The Labute approximate surface area is 147 Å². The van der Waals surface area contributed by atoms with Crippen LogP contribution in [0, 0.1) is 0 Å². The molecule has 0 bridgehead atoms. The average molecular weight is 346 g/mol. The molecule has 0 radical (unpaired) electrons. The van der Waals surface area contributed by atoms with Crippen LogP contribution in [0.15, 0.2) is 36.4 Å². The number of benzene rings is 2. The predicted molar refractivity (Wildman–Crippen MR) is 92.8 cm³/mol. The van der Waals surface area contributed by atoms with Gasteiger partial charge in [-0.05, 0) is 37.3 Å². The fourth-order valence-corrected chi connectivity index (χ4v) is 2.27. The van der Waals surface area contributed by atoms with E-state index in [1.807, 2.05) is 6.07 Å². The zero-order chi connectivity index (χ0) is 18.2. The van der Waals surface area contributed by atoms with Crippen LogP contribution in [0.2, 0.25) is 0 Å². The monoisotopic (exact) mass is 346 g/mol. The summed E-state index contributed by atoms with van der Waals surface area (Å²) in [4.78, 5) is 11.6. The fourth-order valence-electron chi connectivity index (χ4n) is 2.27. The summed E-state index contributed by atoms with van der Waals surface area (Å²) in [5, 5.41) is 0. The molecule has 0 unspecified atom stereocenters. The molecule has 0 aliphatic heterocycles. The van der Waals surface area contributed by atoms with Gasteiger partial charge in [0.15, 0.2) is 11.5 Å². The Balaban J connectivity index is 2.11. The molecule has 134 valence electrons. The lowest BCUT2D eigenvalue weighted by atomic mass is 10.2. The second-order valence-corrected chi connectivity index (χ2v) is 5.05. The number of hydrogen-bond acceptors (Lipinski definition) is 6. The van der Waals surface area contributed by atoms with Gasteiger partial charge in [0.25, 0.3) is 0 Å². The molecule has 2 aromatic rings. The highest BCUT2D eigenvalue weighted by Crippen LogP contribution is 2.35. The smallest absolute Gasteiger partial charge is 0.338 e. The van der Waals surface area contributed by atoms with Crippen molar-refractivity contribution in [1.29, 1.82) is 0 Å². The van der Waals surface area contributed by atoms with Crippen LogP contribution < -0.4 is 18.9 Å². The minimum absolute atomic E-state index is 0.280. The third-order valence-corrected chi connectivity index (χ3v) is 3.55. The molecule has 2 rings (SSSR count). The van der Waals surface area contributed by atoms with E-state index in [2.05, 4.69) is 0 Å². The van der Waals surface area contributed by atoms with Crippen molar-refractivity contribution in [2.24, 2.45) is 0 Å². The maximum Gasteiger partial charge on any atom is 0.338 e. The second-order valence-electron chi connectivity index (χ2n) is 5.05. The van der Waals surface area contributed by atoms with E-state index in [0.717, 1.165) is 5.56 Å².